The maximum atomic E-state index is 10.9. The summed E-state index contributed by atoms with van der Waals surface area (Å²) in [4.78, 5) is 14.9. The van der Waals surface area contributed by atoms with E-state index < -0.39 is 0 Å². The number of rotatable bonds is 3. The third-order valence-electron chi connectivity index (χ3n) is 1.42. The Morgan fingerprint density at radius 2 is 2.50 bits per heavy atom. The van der Waals surface area contributed by atoms with Gasteiger partial charge in [-0.1, -0.05) is 11.6 Å². The Kier molecular flexibility index (Phi) is 4.13. The molecule has 0 atom stereocenters. The Morgan fingerprint density at radius 3 is 3.14 bits per heavy atom. The number of aromatic nitrogens is 1. The van der Waals surface area contributed by atoms with E-state index in [9.17, 15) is 4.79 Å². The summed E-state index contributed by atoms with van der Waals surface area (Å²) in [6, 6.07) is 3.33. The van der Waals surface area contributed by atoms with E-state index in [1.165, 1.54) is 6.08 Å². The molecule has 0 aliphatic heterocycles. The van der Waals surface area contributed by atoms with Gasteiger partial charge < -0.3 is 4.74 Å². The summed E-state index contributed by atoms with van der Waals surface area (Å²) in [6.07, 6.45) is 4.46. The van der Waals surface area contributed by atoms with Gasteiger partial charge in [-0.2, -0.15) is 0 Å². The Morgan fingerprint density at radius 1 is 1.71 bits per heavy atom. The van der Waals surface area contributed by atoms with Gasteiger partial charge in [0.2, 0.25) is 0 Å². The average Bonchev–Trinajstić information content (AvgIpc) is 2.15. The topological polar surface area (TPSA) is 39.2 Å². The molecule has 0 amide bonds. The number of esters is 1. The van der Waals surface area contributed by atoms with Crippen molar-refractivity contribution >= 4 is 23.6 Å². The Balaban J connectivity index is 2.64. The van der Waals surface area contributed by atoms with Crippen molar-refractivity contribution in [3.63, 3.8) is 0 Å². The van der Waals surface area contributed by atoms with Gasteiger partial charge in [0.25, 0.3) is 0 Å². The van der Waals surface area contributed by atoms with Gasteiger partial charge in [-0.3, -0.25) is 4.98 Å². The van der Waals surface area contributed by atoms with Gasteiger partial charge in [0.15, 0.2) is 0 Å². The van der Waals surface area contributed by atoms with Crippen molar-refractivity contribution < 1.29 is 9.53 Å². The summed E-state index contributed by atoms with van der Waals surface area (Å²) in [6.45, 7) is 2.12. The number of pyridine rings is 1. The third-order valence-corrected chi connectivity index (χ3v) is 1.66. The second-order valence-corrected chi connectivity index (χ2v) is 2.92. The molecule has 0 aliphatic carbocycles. The quantitative estimate of drug-likeness (QED) is 0.569. The van der Waals surface area contributed by atoms with Crippen LogP contribution >= 0.6 is 11.6 Å². The fourth-order valence-corrected chi connectivity index (χ4v) is 1.02. The van der Waals surface area contributed by atoms with Gasteiger partial charge in [-0.05, 0) is 25.1 Å². The first-order chi connectivity index (χ1) is 6.72. The lowest BCUT2D eigenvalue weighted by atomic mass is 10.3. The molecule has 0 saturated heterocycles. The smallest absolute Gasteiger partial charge is 0.330 e. The van der Waals surface area contributed by atoms with E-state index in [1.54, 1.807) is 31.3 Å². The summed E-state index contributed by atoms with van der Waals surface area (Å²) in [5, 5.41) is 0.587. The van der Waals surface area contributed by atoms with Crippen molar-refractivity contribution in [2.75, 3.05) is 6.61 Å². The number of ether oxygens (including phenoxy) is 1. The molecule has 0 radical (unpaired) electrons. The Labute approximate surface area is 87.4 Å². The molecule has 4 heteroatoms. The van der Waals surface area contributed by atoms with E-state index in [2.05, 4.69) is 4.98 Å². The molecule has 1 aromatic heterocycles. The van der Waals surface area contributed by atoms with Gasteiger partial charge in [-0.25, -0.2) is 4.79 Å². The van der Waals surface area contributed by atoms with Crippen molar-refractivity contribution in [3.05, 3.63) is 35.1 Å². The lowest BCUT2D eigenvalue weighted by Crippen LogP contribution is -1.98. The highest BCUT2D eigenvalue weighted by atomic mass is 35.5. The first kappa shape index (κ1) is 10.7. The van der Waals surface area contributed by atoms with Gasteiger partial charge >= 0.3 is 5.97 Å². The lowest BCUT2D eigenvalue weighted by molar-refractivity contribution is -0.137. The molecular formula is C10H10ClNO2. The number of hydrogen-bond donors (Lipinski definition) is 0. The van der Waals surface area contributed by atoms with Crippen LogP contribution in [-0.2, 0) is 9.53 Å². The predicted molar refractivity (Wildman–Crippen MR) is 54.9 cm³/mol. The second kappa shape index (κ2) is 5.40. The van der Waals surface area contributed by atoms with Crippen LogP contribution in [0.4, 0.5) is 0 Å². The average molecular weight is 212 g/mol. The normalized spacial score (nSPS) is 10.4. The van der Waals surface area contributed by atoms with Gasteiger partial charge in [0, 0.05) is 17.3 Å². The fourth-order valence-electron chi connectivity index (χ4n) is 0.856. The molecule has 0 saturated carbocycles. The second-order valence-electron chi connectivity index (χ2n) is 2.48. The molecule has 0 spiro atoms. The molecule has 1 rings (SSSR count). The molecular weight excluding hydrogens is 202 g/mol. The lowest BCUT2D eigenvalue weighted by Gasteiger charge is -1.95. The van der Waals surface area contributed by atoms with Crippen LogP contribution in [0.25, 0.3) is 6.08 Å². The van der Waals surface area contributed by atoms with E-state index in [4.69, 9.17) is 16.3 Å². The van der Waals surface area contributed by atoms with E-state index in [0.29, 0.717) is 17.3 Å². The van der Waals surface area contributed by atoms with Gasteiger partial charge in [0.05, 0.1) is 12.3 Å². The summed E-state index contributed by atoms with van der Waals surface area (Å²) >= 11 is 5.73. The van der Waals surface area contributed by atoms with E-state index >= 15 is 0 Å². The van der Waals surface area contributed by atoms with Crippen LogP contribution in [0.2, 0.25) is 5.02 Å². The van der Waals surface area contributed by atoms with Crippen molar-refractivity contribution in [3.8, 4) is 0 Å². The number of carbonyl (C=O) groups is 1. The molecule has 0 aromatic carbocycles. The number of nitrogens with zero attached hydrogens (tertiary/aromatic N) is 1. The Bertz CT molecular complexity index is 350. The van der Waals surface area contributed by atoms with Crippen LogP contribution in [0, 0.1) is 0 Å². The largest absolute Gasteiger partial charge is 0.463 e. The number of halogens is 1. The van der Waals surface area contributed by atoms with Crippen LogP contribution in [0.3, 0.4) is 0 Å². The van der Waals surface area contributed by atoms with Crippen LogP contribution in [-0.4, -0.2) is 17.6 Å². The summed E-state index contributed by atoms with van der Waals surface area (Å²) < 4.78 is 4.71. The molecule has 14 heavy (non-hydrogen) atoms. The molecule has 0 unspecified atom stereocenters. The number of carbonyl (C=O) groups excluding carboxylic acids is 1. The predicted octanol–water partition coefficient (Wildman–Crippen LogP) is 2.31. The zero-order valence-electron chi connectivity index (χ0n) is 7.74. The zero-order valence-corrected chi connectivity index (χ0v) is 8.49. The molecule has 1 aromatic rings. The molecule has 0 fully saturated rings. The third kappa shape index (κ3) is 3.58. The first-order valence-electron chi connectivity index (χ1n) is 4.18. The van der Waals surface area contributed by atoms with Crippen molar-refractivity contribution in [1.29, 1.82) is 0 Å². The summed E-state index contributed by atoms with van der Waals surface area (Å²) in [5.41, 5.74) is 0.630. The van der Waals surface area contributed by atoms with Crippen molar-refractivity contribution in [2.24, 2.45) is 0 Å². The highest BCUT2D eigenvalue weighted by Crippen LogP contribution is 2.08. The standard InChI is InChI=1S/C10H10ClNO2/c1-2-14-10(13)4-3-9-7-8(11)5-6-12-9/h3-7H,2H2,1H3/b4-3+. The minimum atomic E-state index is -0.380. The van der Waals surface area contributed by atoms with Crippen LogP contribution < -0.4 is 0 Å². The molecule has 74 valence electrons. The molecule has 0 N–H and O–H groups in total. The zero-order chi connectivity index (χ0) is 10.4. The van der Waals surface area contributed by atoms with Crippen LogP contribution in [0.5, 0.6) is 0 Å². The van der Waals surface area contributed by atoms with Crippen molar-refractivity contribution in [1.82, 2.24) is 4.98 Å². The van der Waals surface area contributed by atoms with Crippen LogP contribution in [0.15, 0.2) is 24.4 Å². The minimum absolute atomic E-state index is 0.367. The molecule has 0 bridgehead atoms. The van der Waals surface area contributed by atoms with Gasteiger partial charge in [0.1, 0.15) is 0 Å². The highest BCUT2D eigenvalue weighted by molar-refractivity contribution is 6.30. The molecule has 0 aliphatic rings. The minimum Gasteiger partial charge on any atom is -0.463 e. The maximum absolute atomic E-state index is 10.9. The fraction of sp³-hybridized carbons (Fsp3) is 0.200. The number of hydrogen-bond acceptors (Lipinski definition) is 3. The maximum Gasteiger partial charge on any atom is 0.330 e. The molecule has 1 heterocycles. The first-order valence-corrected chi connectivity index (χ1v) is 4.56. The van der Waals surface area contributed by atoms with E-state index in [1.807, 2.05) is 0 Å². The van der Waals surface area contributed by atoms with Gasteiger partial charge in [-0.15, -0.1) is 0 Å². The van der Waals surface area contributed by atoms with E-state index in [0.717, 1.165) is 0 Å². The SMILES string of the molecule is CCOC(=O)/C=C/c1cc(Cl)ccn1. The summed E-state index contributed by atoms with van der Waals surface area (Å²) in [5.74, 6) is -0.380. The van der Waals surface area contributed by atoms with Crippen LogP contribution in [0.1, 0.15) is 12.6 Å². The van der Waals surface area contributed by atoms with Crippen molar-refractivity contribution in [2.45, 2.75) is 6.92 Å². The highest BCUT2D eigenvalue weighted by Gasteiger charge is 1.95. The Hall–Kier alpha value is -1.35. The summed E-state index contributed by atoms with van der Waals surface area (Å²) in [7, 11) is 0. The molecule has 3 nitrogen and oxygen atoms in total. The van der Waals surface area contributed by atoms with E-state index in [-0.39, 0.29) is 5.97 Å². The monoisotopic (exact) mass is 211 g/mol.